The summed E-state index contributed by atoms with van der Waals surface area (Å²) in [6.45, 7) is 0. The minimum atomic E-state index is 0.751. The number of aliphatic imine (C=N–C) groups is 1. The van der Waals surface area contributed by atoms with Crippen molar-refractivity contribution in [3.63, 3.8) is 0 Å². The highest BCUT2D eigenvalue weighted by atomic mass is 35.5. The van der Waals surface area contributed by atoms with E-state index in [1.807, 2.05) is 85.1 Å². The van der Waals surface area contributed by atoms with E-state index in [2.05, 4.69) is 29.3 Å². The Morgan fingerprint density at radius 1 is 0.655 bits per heavy atom. The van der Waals surface area contributed by atoms with Crippen molar-refractivity contribution in [3.8, 4) is 11.5 Å². The van der Waals surface area contributed by atoms with Gasteiger partial charge in [0.1, 0.15) is 11.5 Å². The fourth-order valence-electron chi connectivity index (χ4n) is 2.63. The maximum absolute atomic E-state index is 5.93. The van der Waals surface area contributed by atoms with E-state index in [-0.39, 0.29) is 0 Å². The normalized spacial score (nSPS) is 10.9. The van der Waals surface area contributed by atoms with Crippen LogP contribution in [0.5, 0.6) is 11.5 Å². The molecular weight excluding hydrogens is 398 g/mol. The number of benzene rings is 4. The lowest BCUT2D eigenvalue weighted by Gasteiger charge is -2.05. The molecule has 0 N–H and O–H groups in total. The number of para-hydroxylation sites is 1. The Morgan fingerprint density at radius 2 is 1.24 bits per heavy atom. The molecular formula is C25H18ClNOS. The standard InChI is InChI=1S/C25H18ClNOS/c26-20-8-16-25(17-9-20)29-24-14-6-19(7-15-24)18-27-21-10-12-23(13-11-21)28-22-4-2-1-3-5-22/h1-18H. The smallest absolute Gasteiger partial charge is 0.127 e. The second-order valence-corrected chi connectivity index (χ2v) is 7.88. The van der Waals surface area contributed by atoms with E-state index in [4.69, 9.17) is 16.3 Å². The first kappa shape index (κ1) is 19.3. The predicted octanol–water partition coefficient (Wildman–Crippen LogP) is 8.03. The molecule has 142 valence electrons. The van der Waals surface area contributed by atoms with Crippen LogP contribution in [0.15, 0.2) is 118 Å². The first-order valence-corrected chi connectivity index (χ1v) is 10.3. The second kappa shape index (κ2) is 9.46. The van der Waals surface area contributed by atoms with Crippen molar-refractivity contribution in [2.45, 2.75) is 9.79 Å². The van der Waals surface area contributed by atoms with Crippen LogP contribution in [0.4, 0.5) is 5.69 Å². The fourth-order valence-corrected chi connectivity index (χ4v) is 3.58. The van der Waals surface area contributed by atoms with Gasteiger partial charge in [-0.15, -0.1) is 0 Å². The molecule has 4 heteroatoms. The molecule has 0 spiro atoms. The zero-order chi connectivity index (χ0) is 19.9. The number of hydrogen-bond donors (Lipinski definition) is 0. The van der Waals surface area contributed by atoms with Crippen molar-refractivity contribution in [2.24, 2.45) is 4.99 Å². The zero-order valence-electron chi connectivity index (χ0n) is 15.5. The number of ether oxygens (including phenoxy) is 1. The van der Waals surface area contributed by atoms with Gasteiger partial charge >= 0.3 is 0 Å². The van der Waals surface area contributed by atoms with Gasteiger partial charge in [-0.25, -0.2) is 0 Å². The van der Waals surface area contributed by atoms with E-state index >= 15 is 0 Å². The molecule has 0 radical (unpaired) electrons. The molecule has 0 aromatic heterocycles. The summed E-state index contributed by atoms with van der Waals surface area (Å²) in [7, 11) is 0. The highest BCUT2D eigenvalue weighted by Crippen LogP contribution is 2.29. The summed E-state index contributed by atoms with van der Waals surface area (Å²) in [4.78, 5) is 6.88. The topological polar surface area (TPSA) is 21.6 Å². The van der Waals surface area contributed by atoms with Crippen LogP contribution in [-0.2, 0) is 0 Å². The first-order valence-electron chi connectivity index (χ1n) is 9.15. The Morgan fingerprint density at radius 3 is 1.90 bits per heavy atom. The van der Waals surface area contributed by atoms with Crippen LogP contribution in [0.25, 0.3) is 0 Å². The van der Waals surface area contributed by atoms with Crippen LogP contribution in [0.3, 0.4) is 0 Å². The van der Waals surface area contributed by atoms with Gasteiger partial charge < -0.3 is 4.74 Å². The number of nitrogens with zero attached hydrogens (tertiary/aromatic N) is 1. The molecule has 0 aliphatic heterocycles. The third kappa shape index (κ3) is 5.74. The van der Waals surface area contributed by atoms with Crippen molar-refractivity contribution in [1.29, 1.82) is 0 Å². The van der Waals surface area contributed by atoms with Crippen LogP contribution in [-0.4, -0.2) is 6.21 Å². The molecule has 0 atom stereocenters. The Hall–Kier alpha value is -3.01. The molecule has 2 nitrogen and oxygen atoms in total. The fraction of sp³-hybridized carbons (Fsp3) is 0. The molecule has 4 aromatic rings. The van der Waals surface area contributed by atoms with E-state index in [9.17, 15) is 0 Å². The average molecular weight is 416 g/mol. The first-order chi connectivity index (χ1) is 14.2. The molecule has 0 aliphatic rings. The molecule has 0 amide bonds. The highest BCUT2D eigenvalue weighted by Gasteiger charge is 1.99. The Balaban J connectivity index is 1.36. The van der Waals surface area contributed by atoms with E-state index in [1.165, 1.54) is 4.90 Å². The molecule has 4 rings (SSSR count). The van der Waals surface area contributed by atoms with Crippen LogP contribution in [0, 0.1) is 0 Å². The lowest BCUT2D eigenvalue weighted by molar-refractivity contribution is 0.483. The van der Waals surface area contributed by atoms with Crippen molar-refractivity contribution in [2.75, 3.05) is 0 Å². The largest absolute Gasteiger partial charge is 0.457 e. The SMILES string of the molecule is Clc1ccc(Sc2ccc(C=Nc3ccc(Oc4ccccc4)cc3)cc2)cc1. The molecule has 0 aliphatic carbocycles. The molecule has 29 heavy (non-hydrogen) atoms. The third-order valence-corrected chi connectivity index (χ3v) is 5.38. The summed E-state index contributed by atoms with van der Waals surface area (Å²) in [6, 6.07) is 33.6. The van der Waals surface area contributed by atoms with E-state index in [1.54, 1.807) is 11.8 Å². The number of hydrogen-bond acceptors (Lipinski definition) is 3. The Bertz CT molecular complexity index is 1080. The van der Waals surface area contributed by atoms with Gasteiger partial charge in [-0.2, -0.15) is 0 Å². The van der Waals surface area contributed by atoms with E-state index < -0.39 is 0 Å². The van der Waals surface area contributed by atoms with Gasteiger partial charge in [-0.3, -0.25) is 4.99 Å². The van der Waals surface area contributed by atoms with Crippen molar-refractivity contribution < 1.29 is 4.74 Å². The number of halogens is 1. The molecule has 0 heterocycles. The number of rotatable bonds is 6. The summed E-state index contributed by atoms with van der Waals surface area (Å²) < 4.78 is 5.80. The van der Waals surface area contributed by atoms with Crippen LogP contribution in [0.1, 0.15) is 5.56 Å². The summed E-state index contributed by atoms with van der Waals surface area (Å²) >= 11 is 7.64. The lowest BCUT2D eigenvalue weighted by Crippen LogP contribution is -1.83. The molecule has 0 fully saturated rings. The van der Waals surface area contributed by atoms with Crippen LogP contribution < -0.4 is 4.74 Å². The minimum absolute atomic E-state index is 0.751. The van der Waals surface area contributed by atoms with Gasteiger partial charge in [0.25, 0.3) is 0 Å². The van der Waals surface area contributed by atoms with Crippen LogP contribution >= 0.6 is 23.4 Å². The third-order valence-electron chi connectivity index (χ3n) is 4.11. The van der Waals surface area contributed by atoms with Gasteiger partial charge in [0.05, 0.1) is 5.69 Å². The zero-order valence-corrected chi connectivity index (χ0v) is 17.1. The summed E-state index contributed by atoms with van der Waals surface area (Å²) in [5.41, 5.74) is 1.93. The molecule has 0 unspecified atom stereocenters. The quantitative estimate of drug-likeness (QED) is 0.297. The van der Waals surface area contributed by atoms with Crippen molar-refractivity contribution >= 4 is 35.3 Å². The van der Waals surface area contributed by atoms with Gasteiger partial charge in [0.2, 0.25) is 0 Å². The summed E-state index contributed by atoms with van der Waals surface area (Å²) in [5, 5.41) is 0.751. The lowest BCUT2D eigenvalue weighted by atomic mass is 10.2. The Kier molecular flexibility index (Phi) is 6.30. The maximum atomic E-state index is 5.93. The van der Waals surface area contributed by atoms with Gasteiger partial charge in [-0.05, 0) is 78.4 Å². The van der Waals surface area contributed by atoms with Crippen molar-refractivity contribution in [1.82, 2.24) is 0 Å². The molecule has 0 saturated carbocycles. The second-order valence-electron chi connectivity index (χ2n) is 6.29. The average Bonchev–Trinajstić information content (AvgIpc) is 2.77. The van der Waals surface area contributed by atoms with Gasteiger partial charge in [0, 0.05) is 21.0 Å². The monoisotopic (exact) mass is 415 g/mol. The summed E-state index contributed by atoms with van der Waals surface area (Å²) in [6.07, 6.45) is 1.86. The molecule has 4 aromatic carbocycles. The predicted molar refractivity (Wildman–Crippen MR) is 122 cm³/mol. The van der Waals surface area contributed by atoms with E-state index in [0.29, 0.717) is 0 Å². The van der Waals surface area contributed by atoms with Crippen LogP contribution in [0.2, 0.25) is 5.02 Å². The van der Waals surface area contributed by atoms with Gasteiger partial charge in [-0.1, -0.05) is 53.7 Å². The van der Waals surface area contributed by atoms with E-state index in [0.717, 1.165) is 32.7 Å². The van der Waals surface area contributed by atoms with Gasteiger partial charge in [0.15, 0.2) is 0 Å². The van der Waals surface area contributed by atoms with Crippen molar-refractivity contribution in [3.05, 3.63) is 114 Å². The molecule has 0 saturated heterocycles. The Labute approximate surface area is 179 Å². The summed E-state index contributed by atoms with van der Waals surface area (Å²) in [5.74, 6) is 1.61. The molecule has 0 bridgehead atoms. The highest BCUT2D eigenvalue weighted by molar-refractivity contribution is 7.99. The maximum Gasteiger partial charge on any atom is 0.127 e. The minimum Gasteiger partial charge on any atom is -0.457 e.